The van der Waals surface area contributed by atoms with Crippen LogP contribution in [-0.4, -0.2) is 16.1 Å². The second-order valence-electron chi connectivity index (χ2n) is 5.87. The van der Waals surface area contributed by atoms with Crippen LogP contribution in [0.15, 0.2) is 54.9 Å². The van der Waals surface area contributed by atoms with E-state index in [9.17, 15) is 0 Å². The average molecular weight is 305 g/mol. The molecule has 0 amide bonds. The SMILES string of the molecule is c1ccc(OC2CCC2)c(CNc2ncnc3ccccc23)c1. The number of ether oxygens (including phenoxy) is 1. The molecule has 0 aliphatic heterocycles. The smallest absolute Gasteiger partial charge is 0.137 e. The van der Waals surface area contributed by atoms with Gasteiger partial charge in [0.15, 0.2) is 0 Å². The van der Waals surface area contributed by atoms with E-state index in [-0.39, 0.29) is 0 Å². The van der Waals surface area contributed by atoms with Crippen molar-refractivity contribution in [2.75, 3.05) is 5.32 Å². The van der Waals surface area contributed by atoms with E-state index in [1.165, 1.54) is 6.42 Å². The third-order valence-electron chi connectivity index (χ3n) is 4.31. The minimum atomic E-state index is 0.385. The first kappa shape index (κ1) is 14.0. The van der Waals surface area contributed by atoms with Crippen molar-refractivity contribution >= 4 is 16.7 Å². The van der Waals surface area contributed by atoms with Gasteiger partial charge in [0, 0.05) is 17.5 Å². The van der Waals surface area contributed by atoms with Crippen molar-refractivity contribution < 1.29 is 4.74 Å². The van der Waals surface area contributed by atoms with Crippen LogP contribution < -0.4 is 10.1 Å². The summed E-state index contributed by atoms with van der Waals surface area (Å²) in [6.45, 7) is 0.684. The minimum absolute atomic E-state index is 0.385. The molecule has 1 aromatic heterocycles. The van der Waals surface area contributed by atoms with E-state index >= 15 is 0 Å². The molecule has 1 saturated carbocycles. The van der Waals surface area contributed by atoms with Crippen molar-refractivity contribution in [3.63, 3.8) is 0 Å². The summed E-state index contributed by atoms with van der Waals surface area (Å²) in [5.74, 6) is 1.83. The van der Waals surface area contributed by atoms with Crippen LogP contribution in [0.2, 0.25) is 0 Å². The Hall–Kier alpha value is -2.62. The van der Waals surface area contributed by atoms with Crippen molar-refractivity contribution in [3.05, 3.63) is 60.4 Å². The van der Waals surface area contributed by atoms with E-state index < -0.39 is 0 Å². The van der Waals surface area contributed by atoms with Crippen LogP contribution in [0.1, 0.15) is 24.8 Å². The topological polar surface area (TPSA) is 47.0 Å². The van der Waals surface area contributed by atoms with E-state index in [2.05, 4.69) is 21.4 Å². The monoisotopic (exact) mass is 305 g/mol. The van der Waals surface area contributed by atoms with Gasteiger partial charge >= 0.3 is 0 Å². The van der Waals surface area contributed by atoms with E-state index in [0.29, 0.717) is 12.6 Å². The van der Waals surface area contributed by atoms with Gasteiger partial charge in [-0.3, -0.25) is 0 Å². The third-order valence-corrected chi connectivity index (χ3v) is 4.31. The number of nitrogens with zero attached hydrogens (tertiary/aromatic N) is 2. The molecule has 4 nitrogen and oxygen atoms in total. The molecule has 116 valence electrons. The van der Waals surface area contributed by atoms with Gasteiger partial charge in [0.1, 0.15) is 17.9 Å². The molecule has 1 fully saturated rings. The second-order valence-corrected chi connectivity index (χ2v) is 5.87. The number of anilines is 1. The Morgan fingerprint density at radius 3 is 2.70 bits per heavy atom. The molecule has 0 bridgehead atoms. The Kier molecular flexibility index (Phi) is 3.80. The highest BCUT2D eigenvalue weighted by Gasteiger charge is 2.20. The molecule has 23 heavy (non-hydrogen) atoms. The van der Waals surface area contributed by atoms with E-state index in [1.54, 1.807) is 6.33 Å². The molecule has 2 aromatic carbocycles. The van der Waals surface area contributed by atoms with Gasteiger partial charge in [-0.15, -0.1) is 0 Å². The molecule has 3 aromatic rings. The molecule has 0 atom stereocenters. The Morgan fingerprint density at radius 2 is 1.83 bits per heavy atom. The summed E-state index contributed by atoms with van der Waals surface area (Å²) in [5.41, 5.74) is 2.10. The summed E-state index contributed by atoms with van der Waals surface area (Å²) >= 11 is 0. The summed E-state index contributed by atoms with van der Waals surface area (Å²) in [4.78, 5) is 8.67. The molecule has 4 heteroatoms. The molecule has 1 aliphatic carbocycles. The summed E-state index contributed by atoms with van der Waals surface area (Å²) in [5, 5.41) is 4.46. The maximum Gasteiger partial charge on any atom is 0.137 e. The number of nitrogens with one attached hydrogen (secondary N) is 1. The van der Waals surface area contributed by atoms with Crippen LogP contribution in [0.4, 0.5) is 5.82 Å². The van der Waals surface area contributed by atoms with Gasteiger partial charge in [0.2, 0.25) is 0 Å². The van der Waals surface area contributed by atoms with Crippen LogP contribution in [0, 0.1) is 0 Å². The first-order valence-corrected chi connectivity index (χ1v) is 8.08. The van der Waals surface area contributed by atoms with Crippen molar-refractivity contribution in [2.24, 2.45) is 0 Å². The van der Waals surface area contributed by atoms with Gasteiger partial charge in [-0.1, -0.05) is 30.3 Å². The first-order valence-electron chi connectivity index (χ1n) is 8.08. The molecule has 0 radical (unpaired) electrons. The van der Waals surface area contributed by atoms with E-state index in [1.807, 2.05) is 42.5 Å². The summed E-state index contributed by atoms with van der Waals surface area (Å²) < 4.78 is 6.08. The van der Waals surface area contributed by atoms with E-state index in [0.717, 1.165) is 40.9 Å². The molecule has 0 unspecified atom stereocenters. The highest BCUT2D eigenvalue weighted by molar-refractivity contribution is 5.88. The van der Waals surface area contributed by atoms with E-state index in [4.69, 9.17) is 4.74 Å². The van der Waals surface area contributed by atoms with Crippen LogP contribution in [0.5, 0.6) is 5.75 Å². The maximum absolute atomic E-state index is 6.08. The van der Waals surface area contributed by atoms with Crippen LogP contribution in [-0.2, 0) is 6.54 Å². The number of benzene rings is 2. The molecule has 4 rings (SSSR count). The van der Waals surface area contributed by atoms with Gasteiger partial charge < -0.3 is 10.1 Å². The van der Waals surface area contributed by atoms with Crippen LogP contribution in [0.3, 0.4) is 0 Å². The Bertz CT molecular complexity index is 809. The molecule has 0 spiro atoms. The summed E-state index contributed by atoms with van der Waals surface area (Å²) in [6.07, 6.45) is 5.59. The summed E-state index contributed by atoms with van der Waals surface area (Å²) in [7, 11) is 0. The van der Waals surface area contributed by atoms with Crippen LogP contribution in [0.25, 0.3) is 10.9 Å². The third kappa shape index (κ3) is 2.97. The fraction of sp³-hybridized carbons (Fsp3) is 0.263. The average Bonchev–Trinajstić information content (AvgIpc) is 2.57. The number of aromatic nitrogens is 2. The highest BCUT2D eigenvalue weighted by Crippen LogP contribution is 2.28. The molecular weight excluding hydrogens is 286 g/mol. The fourth-order valence-electron chi connectivity index (χ4n) is 2.76. The van der Waals surface area contributed by atoms with Crippen molar-refractivity contribution in [2.45, 2.75) is 31.9 Å². The maximum atomic E-state index is 6.08. The van der Waals surface area contributed by atoms with Gasteiger partial charge in [0.25, 0.3) is 0 Å². The second kappa shape index (κ2) is 6.24. The quantitative estimate of drug-likeness (QED) is 0.768. The van der Waals surface area contributed by atoms with Crippen molar-refractivity contribution in [1.29, 1.82) is 0 Å². The largest absolute Gasteiger partial charge is 0.490 e. The normalized spacial score (nSPS) is 14.4. The zero-order valence-electron chi connectivity index (χ0n) is 12.9. The lowest BCUT2D eigenvalue weighted by Gasteiger charge is -2.27. The van der Waals surface area contributed by atoms with Crippen LogP contribution >= 0.6 is 0 Å². The molecule has 0 saturated heterocycles. The Labute approximate surface area is 135 Å². The lowest BCUT2D eigenvalue weighted by atomic mass is 9.96. The van der Waals surface area contributed by atoms with Gasteiger partial charge in [-0.25, -0.2) is 9.97 Å². The number of hydrogen-bond donors (Lipinski definition) is 1. The lowest BCUT2D eigenvalue weighted by molar-refractivity contribution is 0.119. The van der Waals surface area contributed by atoms with Gasteiger partial charge in [0.05, 0.1) is 11.6 Å². The molecule has 1 aliphatic rings. The summed E-state index contributed by atoms with van der Waals surface area (Å²) in [6, 6.07) is 16.2. The molecular formula is C19H19N3O. The molecule has 1 N–H and O–H groups in total. The predicted molar refractivity (Wildman–Crippen MR) is 91.6 cm³/mol. The van der Waals surface area contributed by atoms with Crippen molar-refractivity contribution in [1.82, 2.24) is 9.97 Å². The number of fused-ring (bicyclic) bond motifs is 1. The zero-order valence-corrected chi connectivity index (χ0v) is 12.9. The first-order chi connectivity index (χ1) is 11.4. The number of rotatable bonds is 5. The Balaban J connectivity index is 1.54. The highest BCUT2D eigenvalue weighted by atomic mass is 16.5. The fourth-order valence-corrected chi connectivity index (χ4v) is 2.76. The predicted octanol–water partition coefficient (Wildman–Crippen LogP) is 4.17. The number of para-hydroxylation sites is 2. The lowest BCUT2D eigenvalue weighted by Crippen LogP contribution is -2.25. The molecule has 1 heterocycles. The van der Waals surface area contributed by atoms with Gasteiger partial charge in [-0.2, -0.15) is 0 Å². The number of hydrogen-bond acceptors (Lipinski definition) is 4. The minimum Gasteiger partial charge on any atom is -0.490 e. The standard InChI is InChI=1S/C19H19N3O/c1-4-11-18(23-15-7-5-8-15)14(6-1)12-20-19-16-9-2-3-10-17(16)21-13-22-19/h1-4,6,9-11,13,15H,5,7-8,12H2,(H,20,21,22). The van der Waals surface area contributed by atoms with Crippen molar-refractivity contribution in [3.8, 4) is 5.75 Å². The van der Waals surface area contributed by atoms with Gasteiger partial charge in [-0.05, 0) is 37.5 Å². The Morgan fingerprint density at radius 1 is 1.00 bits per heavy atom. The zero-order chi connectivity index (χ0) is 15.5.